The summed E-state index contributed by atoms with van der Waals surface area (Å²) in [5, 5.41) is 3.41. The molecule has 0 atom stereocenters. The van der Waals surface area contributed by atoms with E-state index >= 15 is 0 Å². The van der Waals surface area contributed by atoms with Crippen molar-refractivity contribution in [3.8, 4) is 0 Å². The normalized spacial score (nSPS) is 19.3. The van der Waals surface area contributed by atoms with Crippen LogP contribution >= 0.6 is 0 Å². The first kappa shape index (κ1) is 14.4. The summed E-state index contributed by atoms with van der Waals surface area (Å²) in [5.41, 5.74) is 8.78. The Balaban J connectivity index is 1.88. The fourth-order valence-corrected chi connectivity index (χ4v) is 2.94. The van der Waals surface area contributed by atoms with Crippen molar-refractivity contribution in [2.75, 3.05) is 18.4 Å². The lowest BCUT2D eigenvalue weighted by atomic mass is 9.71. The average molecular weight is 260 g/mol. The maximum Gasteiger partial charge on any atom is 0.0340 e. The molecule has 0 radical (unpaired) electrons. The molecular formula is C17H28N2. The van der Waals surface area contributed by atoms with Gasteiger partial charge < -0.3 is 11.1 Å². The molecule has 0 aliphatic heterocycles. The van der Waals surface area contributed by atoms with Crippen molar-refractivity contribution < 1.29 is 0 Å². The maximum atomic E-state index is 5.50. The smallest absolute Gasteiger partial charge is 0.0340 e. The molecular weight excluding hydrogens is 232 g/mol. The summed E-state index contributed by atoms with van der Waals surface area (Å²) in [6, 6.07) is 9.03. The van der Waals surface area contributed by atoms with Gasteiger partial charge in [0.15, 0.2) is 0 Å². The van der Waals surface area contributed by atoms with Gasteiger partial charge in [0.05, 0.1) is 0 Å². The zero-order valence-corrected chi connectivity index (χ0v) is 12.4. The number of hydrogen-bond acceptors (Lipinski definition) is 2. The third kappa shape index (κ3) is 4.24. The van der Waals surface area contributed by atoms with Gasteiger partial charge in [0.25, 0.3) is 0 Å². The molecule has 2 rings (SSSR count). The monoisotopic (exact) mass is 260 g/mol. The van der Waals surface area contributed by atoms with Gasteiger partial charge in [-0.25, -0.2) is 0 Å². The van der Waals surface area contributed by atoms with E-state index in [0.29, 0.717) is 5.41 Å². The van der Waals surface area contributed by atoms with Crippen LogP contribution in [0.2, 0.25) is 0 Å². The molecule has 0 amide bonds. The standard InChI is InChI=1S/C17H28N2/c1-17(2)10-8-15(9-11-17)14-4-6-16(7-5-14)19-13-3-12-18/h4-7,15,19H,3,8-13,18H2,1-2H3. The molecule has 1 fully saturated rings. The average Bonchev–Trinajstić information content (AvgIpc) is 2.40. The molecule has 3 N–H and O–H groups in total. The van der Waals surface area contributed by atoms with E-state index in [1.807, 2.05) is 0 Å². The topological polar surface area (TPSA) is 38.0 Å². The minimum Gasteiger partial charge on any atom is -0.385 e. The van der Waals surface area contributed by atoms with Gasteiger partial charge in [-0.2, -0.15) is 0 Å². The molecule has 1 aliphatic rings. The van der Waals surface area contributed by atoms with E-state index < -0.39 is 0 Å². The minimum absolute atomic E-state index is 0.556. The van der Waals surface area contributed by atoms with Gasteiger partial charge in [-0.3, -0.25) is 0 Å². The zero-order valence-electron chi connectivity index (χ0n) is 12.4. The lowest BCUT2D eigenvalue weighted by Gasteiger charge is -2.34. The van der Waals surface area contributed by atoms with E-state index in [-0.39, 0.29) is 0 Å². The predicted octanol–water partition coefficient (Wildman–Crippen LogP) is 4.13. The molecule has 0 heterocycles. The summed E-state index contributed by atoms with van der Waals surface area (Å²) in [6.45, 7) is 6.51. The van der Waals surface area contributed by atoms with E-state index in [1.165, 1.54) is 36.9 Å². The Hall–Kier alpha value is -1.02. The number of rotatable bonds is 5. The molecule has 0 unspecified atom stereocenters. The van der Waals surface area contributed by atoms with E-state index in [0.717, 1.165) is 25.4 Å². The molecule has 0 aromatic heterocycles. The second-order valence-electron chi connectivity index (χ2n) is 6.63. The Labute approximate surface area is 117 Å². The summed E-state index contributed by atoms with van der Waals surface area (Å²) in [5.74, 6) is 0.770. The highest BCUT2D eigenvalue weighted by Crippen LogP contribution is 2.42. The Kier molecular flexibility index (Phi) is 4.87. The molecule has 2 heteroatoms. The summed E-state index contributed by atoms with van der Waals surface area (Å²) < 4.78 is 0. The summed E-state index contributed by atoms with van der Waals surface area (Å²) >= 11 is 0. The Morgan fingerprint density at radius 1 is 1.16 bits per heavy atom. The van der Waals surface area contributed by atoms with Crippen molar-refractivity contribution >= 4 is 5.69 Å². The highest BCUT2D eigenvalue weighted by Gasteiger charge is 2.27. The lowest BCUT2D eigenvalue weighted by molar-refractivity contribution is 0.224. The molecule has 1 saturated carbocycles. The number of hydrogen-bond donors (Lipinski definition) is 2. The van der Waals surface area contributed by atoms with Crippen molar-refractivity contribution in [3.05, 3.63) is 29.8 Å². The van der Waals surface area contributed by atoms with E-state index in [2.05, 4.69) is 43.4 Å². The lowest BCUT2D eigenvalue weighted by Crippen LogP contribution is -2.20. The maximum absolute atomic E-state index is 5.50. The summed E-state index contributed by atoms with van der Waals surface area (Å²) in [6.07, 6.45) is 6.42. The van der Waals surface area contributed by atoms with E-state index in [4.69, 9.17) is 5.73 Å². The molecule has 0 saturated heterocycles. The van der Waals surface area contributed by atoms with Crippen molar-refractivity contribution in [1.82, 2.24) is 0 Å². The van der Waals surface area contributed by atoms with Crippen LogP contribution in [-0.2, 0) is 0 Å². The van der Waals surface area contributed by atoms with E-state index in [9.17, 15) is 0 Å². The first-order valence-corrected chi connectivity index (χ1v) is 7.65. The molecule has 1 aromatic carbocycles. The van der Waals surface area contributed by atoms with Crippen molar-refractivity contribution in [2.45, 2.75) is 51.9 Å². The molecule has 0 bridgehead atoms. The molecule has 19 heavy (non-hydrogen) atoms. The van der Waals surface area contributed by atoms with Crippen LogP contribution in [0.1, 0.15) is 57.4 Å². The number of benzene rings is 1. The van der Waals surface area contributed by atoms with Crippen LogP contribution in [0.5, 0.6) is 0 Å². The van der Waals surface area contributed by atoms with Gasteiger partial charge in [0, 0.05) is 12.2 Å². The fraction of sp³-hybridized carbons (Fsp3) is 0.647. The first-order valence-electron chi connectivity index (χ1n) is 7.65. The van der Waals surface area contributed by atoms with Crippen molar-refractivity contribution in [1.29, 1.82) is 0 Å². The van der Waals surface area contributed by atoms with Gasteiger partial charge in [-0.1, -0.05) is 26.0 Å². The van der Waals surface area contributed by atoms with Crippen LogP contribution in [0.4, 0.5) is 5.69 Å². The molecule has 1 aliphatic carbocycles. The third-order valence-electron chi connectivity index (χ3n) is 4.43. The Bertz CT molecular complexity index is 371. The minimum atomic E-state index is 0.556. The van der Waals surface area contributed by atoms with Crippen molar-refractivity contribution in [2.24, 2.45) is 11.1 Å². The van der Waals surface area contributed by atoms with Crippen LogP contribution in [0, 0.1) is 5.41 Å². The fourth-order valence-electron chi connectivity index (χ4n) is 2.94. The van der Waals surface area contributed by atoms with E-state index in [1.54, 1.807) is 0 Å². The zero-order chi connectivity index (χ0) is 13.7. The number of nitrogens with two attached hydrogens (primary N) is 1. The quantitative estimate of drug-likeness (QED) is 0.781. The van der Waals surface area contributed by atoms with Crippen molar-refractivity contribution in [3.63, 3.8) is 0 Å². The SMILES string of the molecule is CC1(C)CCC(c2ccc(NCCCN)cc2)CC1. The van der Waals surface area contributed by atoms with Crippen LogP contribution in [0.3, 0.4) is 0 Å². The molecule has 1 aromatic rings. The summed E-state index contributed by atoms with van der Waals surface area (Å²) in [4.78, 5) is 0. The Morgan fingerprint density at radius 2 is 1.79 bits per heavy atom. The number of nitrogens with one attached hydrogen (secondary N) is 1. The largest absolute Gasteiger partial charge is 0.385 e. The second-order valence-corrected chi connectivity index (χ2v) is 6.63. The number of anilines is 1. The van der Waals surface area contributed by atoms with Crippen LogP contribution in [0.25, 0.3) is 0 Å². The van der Waals surface area contributed by atoms with Gasteiger partial charge in [0.1, 0.15) is 0 Å². The second kappa shape index (κ2) is 6.42. The summed E-state index contributed by atoms with van der Waals surface area (Å²) in [7, 11) is 0. The molecule has 0 spiro atoms. The third-order valence-corrected chi connectivity index (χ3v) is 4.43. The molecule has 2 nitrogen and oxygen atoms in total. The van der Waals surface area contributed by atoms with Crippen LogP contribution in [-0.4, -0.2) is 13.1 Å². The highest BCUT2D eigenvalue weighted by atomic mass is 14.9. The Morgan fingerprint density at radius 3 is 2.37 bits per heavy atom. The predicted molar refractivity (Wildman–Crippen MR) is 83.6 cm³/mol. The van der Waals surface area contributed by atoms with Gasteiger partial charge in [0.2, 0.25) is 0 Å². The first-order chi connectivity index (χ1) is 9.11. The van der Waals surface area contributed by atoms with Gasteiger partial charge in [-0.05, 0) is 67.7 Å². The molecule has 106 valence electrons. The van der Waals surface area contributed by atoms with Crippen LogP contribution < -0.4 is 11.1 Å². The van der Waals surface area contributed by atoms with Gasteiger partial charge >= 0.3 is 0 Å². The van der Waals surface area contributed by atoms with Gasteiger partial charge in [-0.15, -0.1) is 0 Å². The highest BCUT2D eigenvalue weighted by molar-refractivity contribution is 5.45. The van der Waals surface area contributed by atoms with Crippen LogP contribution in [0.15, 0.2) is 24.3 Å².